The molecule has 114 valence electrons. The van der Waals surface area contributed by atoms with Crippen LogP contribution in [0.15, 0.2) is 18.2 Å². The summed E-state index contributed by atoms with van der Waals surface area (Å²) in [5, 5.41) is 12.1. The average molecular weight is 292 g/mol. The summed E-state index contributed by atoms with van der Waals surface area (Å²) in [7, 11) is 1.36. The lowest BCUT2D eigenvalue weighted by atomic mass is 9.79. The maximum absolute atomic E-state index is 13.4. The van der Waals surface area contributed by atoms with Crippen molar-refractivity contribution in [2.45, 2.75) is 39.5 Å². The highest BCUT2D eigenvalue weighted by Gasteiger charge is 2.37. The molecule has 0 saturated carbocycles. The van der Waals surface area contributed by atoms with Gasteiger partial charge in [-0.05, 0) is 25.0 Å². The summed E-state index contributed by atoms with van der Waals surface area (Å²) in [6.07, 6.45) is 2.49. The quantitative estimate of drug-likeness (QED) is 0.829. The minimum Gasteiger partial charge on any atom is -0.494 e. The van der Waals surface area contributed by atoms with Gasteiger partial charge in [-0.2, -0.15) is 5.26 Å². The van der Waals surface area contributed by atoms with E-state index in [0.29, 0.717) is 18.5 Å². The van der Waals surface area contributed by atoms with Crippen molar-refractivity contribution in [1.82, 2.24) is 0 Å². The second-order valence-electron chi connectivity index (χ2n) is 5.00. The minimum absolute atomic E-state index is 0.0568. The van der Waals surface area contributed by atoms with Gasteiger partial charge in [-0.1, -0.05) is 26.7 Å². The van der Waals surface area contributed by atoms with Crippen molar-refractivity contribution in [2.75, 3.05) is 12.4 Å². The van der Waals surface area contributed by atoms with Crippen LogP contribution in [0, 0.1) is 22.6 Å². The molecule has 21 heavy (non-hydrogen) atoms. The number of anilines is 1. The molecular weight excluding hydrogens is 271 g/mol. The zero-order valence-corrected chi connectivity index (χ0v) is 12.7. The summed E-state index contributed by atoms with van der Waals surface area (Å²) >= 11 is 0. The smallest absolute Gasteiger partial charge is 0.244 e. The molecule has 0 fully saturated rings. The number of methoxy groups -OCH3 is 1. The van der Waals surface area contributed by atoms with Gasteiger partial charge in [0.2, 0.25) is 5.91 Å². The van der Waals surface area contributed by atoms with Crippen LogP contribution in [0.3, 0.4) is 0 Å². The Labute approximate surface area is 124 Å². The number of rotatable bonds is 7. The largest absolute Gasteiger partial charge is 0.494 e. The highest BCUT2D eigenvalue weighted by atomic mass is 19.1. The fourth-order valence-electron chi connectivity index (χ4n) is 2.36. The van der Waals surface area contributed by atoms with E-state index in [2.05, 4.69) is 11.4 Å². The Bertz CT molecular complexity index is 532. The summed E-state index contributed by atoms with van der Waals surface area (Å²) in [5.74, 6) is -0.784. The lowest BCUT2D eigenvalue weighted by molar-refractivity contribution is -0.123. The first-order valence-electron chi connectivity index (χ1n) is 7.09. The molecule has 5 heteroatoms. The van der Waals surface area contributed by atoms with Crippen LogP contribution in [-0.2, 0) is 4.79 Å². The molecule has 0 aliphatic heterocycles. The predicted octanol–water partition coefficient (Wildman–Crippen LogP) is 3.88. The van der Waals surface area contributed by atoms with Crippen molar-refractivity contribution in [3.05, 3.63) is 24.0 Å². The summed E-state index contributed by atoms with van der Waals surface area (Å²) < 4.78 is 18.2. The van der Waals surface area contributed by atoms with Crippen LogP contribution in [0.25, 0.3) is 0 Å². The van der Waals surface area contributed by atoms with Crippen LogP contribution in [0.4, 0.5) is 10.1 Å². The number of nitriles is 1. The first-order valence-corrected chi connectivity index (χ1v) is 7.09. The highest BCUT2D eigenvalue weighted by Crippen LogP contribution is 2.31. The number of carbonyl (C=O) groups excluding carboxylic acids is 1. The molecule has 1 amide bonds. The fourth-order valence-corrected chi connectivity index (χ4v) is 2.36. The molecule has 1 N–H and O–H groups in total. The molecule has 0 spiro atoms. The molecule has 4 nitrogen and oxygen atoms in total. The molecule has 0 aromatic heterocycles. The predicted molar refractivity (Wildman–Crippen MR) is 79.4 cm³/mol. The summed E-state index contributed by atoms with van der Waals surface area (Å²) in [4.78, 5) is 12.5. The molecule has 0 radical (unpaired) electrons. The zero-order chi connectivity index (χ0) is 15.9. The molecule has 0 saturated heterocycles. The minimum atomic E-state index is -1.04. The average Bonchev–Trinajstić information content (AvgIpc) is 2.48. The molecule has 0 heterocycles. The molecule has 0 atom stereocenters. The van der Waals surface area contributed by atoms with Gasteiger partial charge in [-0.15, -0.1) is 0 Å². The Morgan fingerprint density at radius 1 is 1.38 bits per heavy atom. The van der Waals surface area contributed by atoms with Crippen molar-refractivity contribution in [1.29, 1.82) is 5.26 Å². The lowest BCUT2D eigenvalue weighted by Crippen LogP contribution is -2.35. The normalized spacial score (nSPS) is 10.8. The van der Waals surface area contributed by atoms with Gasteiger partial charge in [0.05, 0.1) is 13.2 Å². The van der Waals surface area contributed by atoms with Crippen molar-refractivity contribution in [3.8, 4) is 11.8 Å². The lowest BCUT2D eigenvalue weighted by Gasteiger charge is -2.24. The number of benzene rings is 1. The summed E-state index contributed by atoms with van der Waals surface area (Å²) in [5.41, 5.74) is -0.615. The number of hydrogen-bond donors (Lipinski definition) is 1. The Kier molecular flexibility index (Phi) is 6.16. The van der Waals surface area contributed by atoms with E-state index in [1.807, 2.05) is 13.8 Å². The van der Waals surface area contributed by atoms with Gasteiger partial charge in [0.1, 0.15) is 5.41 Å². The van der Waals surface area contributed by atoms with Gasteiger partial charge < -0.3 is 10.1 Å². The third kappa shape index (κ3) is 3.94. The van der Waals surface area contributed by atoms with Crippen molar-refractivity contribution >= 4 is 11.6 Å². The Morgan fingerprint density at radius 3 is 2.48 bits per heavy atom. The van der Waals surface area contributed by atoms with Crippen molar-refractivity contribution < 1.29 is 13.9 Å². The number of halogens is 1. The topological polar surface area (TPSA) is 62.1 Å². The van der Waals surface area contributed by atoms with Crippen LogP contribution in [0.5, 0.6) is 5.75 Å². The number of amides is 1. The summed E-state index contributed by atoms with van der Waals surface area (Å²) in [6.45, 7) is 3.88. The van der Waals surface area contributed by atoms with Crippen molar-refractivity contribution in [3.63, 3.8) is 0 Å². The number of nitrogens with one attached hydrogen (secondary N) is 1. The number of ether oxygens (including phenoxy) is 1. The van der Waals surface area contributed by atoms with Gasteiger partial charge in [-0.3, -0.25) is 4.79 Å². The van der Waals surface area contributed by atoms with E-state index in [1.165, 1.54) is 25.3 Å². The van der Waals surface area contributed by atoms with Gasteiger partial charge in [0, 0.05) is 11.8 Å². The van der Waals surface area contributed by atoms with Gasteiger partial charge in [0.25, 0.3) is 0 Å². The van der Waals surface area contributed by atoms with Crippen molar-refractivity contribution in [2.24, 2.45) is 5.41 Å². The second kappa shape index (κ2) is 7.63. The maximum atomic E-state index is 13.4. The monoisotopic (exact) mass is 292 g/mol. The van der Waals surface area contributed by atoms with E-state index in [4.69, 9.17) is 4.74 Å². The van der Waals surface area contributed by atoms with E-state index in [1.54, 1.807) is 0 Å². The summed E-state index contributed by atoms with van der Waals surface area (Å²) in [6, 6.07) is 6.25. The molecule has 1 aromatic rings. The second-order valence-corrected chi connectivity index (χ2v) is 5.00. The fraction of sp³-hybridized carbons (Fsp3) is 0.500. The molecular formula is C16H21FN2O2. The molecule has 1 rings (SSSR count). The van der Waals surface area contributed by atoms with Crippen LogP contribution in [0.1, 0.15) is 39.5 Å². The molecule has 0 unspecified atom stereocenters. The third-order valence-corrected chi connectivity index (χ3v) is 3.41. The number of carbonyl (C=O) groups is 1. The van der Waals surface area contributed by atoms with Crippen LogP contribution in [-0.4, -0.2) is 13.0 Å². The van der Waals surface area contributed by atoms with E-state index < -0.39 is 11.2 Å². The van der Waals surface area contributed by atoms with Crippen LogP contribution < -0.4 is 10.1 Å². The van der Waals surface area contributed by atoms with Gasteiger partial charge >= 0.3 is 0 Å². The maximum Gasteiger partial charge on any atom is 0.244 e. The van der Waals surface area contributed by atoms with E-state index in [0.717, 1.165) is 12.8 Å². The highest BCUT2D eigenvalue weighted by molar-refractivity contribution is 5.97. The SMILES string of the molecule is CCCC(C#N)(CCC)C(=O)Nc1ccc(F)c(OC)c1. The molecule has 0 aliphatic carbocycles. The Morgan fingerprint density at radius 2 is 2.00 bits per heavy atom. The van der Waals surface area contributed by atoms with Crippen LogP contribution >= 0.6 is 0 Å². The standard InChI is InChI=1S/C16H21FN2O2/c1-4-8-16(11-18,9-5-2)15(20)19-12-6-7-13(17)14(10-12)21-3/h6-7,10H,4-5,8-9H2,1-3H3,(H,19,20). The first kappa shape index (κ1) is 17.0. The zero-order valence-electron chi connectivity index (χ0n) is 12.7. The third-order valence-electron chi connectivity index (χ3n) is 3.41. The number of hydrogen-bond acceptors (Lipinski definition) is 3. The van der Waals surface area contributed by atoms with Gasteiger partial charge in [0.15, 0.2) is 11.6 Å². The van der Waals surface area contributed by atoms with Crippen LogP contribution in [0.2, 0.25) is 0 Å². The van der Waals surface area contributed by atoms with Gasteiger partial charge in [-0.25, -0.2) is 4.39 Å². The molecule has 1 aromatic carbocycles. The Balaban J connectivity index is 2.99. The molecule has 0 bridgehead atoms. The number of nitrogens with zero attached hydrogens (tertiary/aromatic N) is 1. The van der Waals surface area contributed by atoms with E-state index >= 15 is 0 Å². The van der Waals surface area contributed by atoms with E-state index in [-0.39, 0.29) is 11.7 Å². The Hall–Kier alpha value is -2.09. The molecule has 0 aliphatic rings. The van der Waals surface area contributed by atoms with E-state index in [9.17, 15) is 14.4 Å². The first-order chi connectivity index (χ1) is 10.0.